The number of nitrogens with zero attached hydrogens (tertiary/aromatic N) is 3. The molecule has 4 rings (SSSR count). The fraction of sp³-hybridized carbons (Fsp3) is 0.148. The van der Waals surface area contributed by atoms with Gasteiger partial charge in [0.25, 0.3) is 0 Å². The van der Waals surface area contributed by atoms with Crippen molar-refractivity contribution in [3.05, 3.63) is 83.9 Å². The molecule has 1 aliphatic heterocycles. The summed E-state index contributed by atoms with van der Waals surface area (Å²) in [7, 11) is 0. The summed E-state index contributed by atoms with van der Waals surface area (Å²) in [5.74, 6) is -1.03. The number of amidine groups is 1. The molecule has 0 spiro atoms. The van der Waals surface area contributed by atoms with Crippen LogP contribution in [0.25, 0.3) is 0 Å². The third kappa shape index (κ3) is 6.56. The summed E-state index contributed by atoms with van der Waals surface area (Å²) < 4.78 is 4.95. The van der Waals surface area contributed by atoms with Crippen molar-refractivity contribution in [1.29, 1.82) is 0 Å². The molecule has 0 radical (unpaired) electrons. The van der Waals surface area contributed by atoms with Gasteiger partial charge in [-0.3, -0.25) is 14.5 Å². The molecule has 1 aliphatic rings. The minimum atomic E-state index is -0.759. The lowest BCUT2D eigenvalue weighted by atomic mass is 10.2. The predicted octanol–water partition coefficient (Wildman–Crippen LogP) is 4.14. The number of carbonyl (C=O) groups excluding carboxylic acids is 3. The van der Waals surface area contributed by atoms with Crippen LogP contribution in [0.5, 0.6) is 11.5 Å². The monoisotopic (exact) mass is 532 g/mol. The highest BCUT2D eigenvalue weighted by Gasteiger charge is 2.40. The van der Waals surface area contributed by atoms with Crippen molar-refractivity contribution >= 4 is 52.3 Å². The van der Waals surface area contributed by atoms with E-state index in [1.54, 1.807) is 55.5 Å². The summed E-state index contributed by atoms with van der Waals surface area (Å²) in [6, 6.07) is 18.7. The first-order chi connectivity index (χ1) is 18.3. The van der Waals surface area contributed by atoms with E-state index in [0.717, 1.165) is 11.8 Å². The Morgan fingerprint density at radius 2 is 1.63 bits per heavy atom. The van der Waals surface area contributed by atoms with E-state index in [9.17, 15) is 24.6 Å². The molecule has 1 atom stereocenters. The molecule has 1 heterocycles. The number of amides is 2. The van der Waals surface area contributed by atoms with Crippen molar-refractivity contribution in [2.45, 2.75) is 18.6 Å². The van der Waals surface area contributed by atoms with Crippen molar-refractivity contribution in [3.63, 3.8) is 0 Å². The van der Waals surface area contributed by atoms with Gasteiger partial charge in [0.1, 0.15) is 16.7 Å². The first-order valence-corrected chi connectivity index (χ1v) is 12.5. The van der Waals surface area contributed by atoms with Crippen LogP contribution in [-0.4, -0.2) is 51.2 Å². The van der Waals surface area contributed by atoms with Gasteiger partial charge in [0, 0.05) is 12.1 Å². The average Bonchev–Trinajstić information content (AvgIpc) is 3.20. The summed E-state index contributed by atoms with van der Waals surface area (Å²) in [5.41, 5.74) is 2.00. The van der Waals surface area contributed by atoms with Crippen LogP contribution in [0.4, 0.5) is 11.4 Å². The predicted molar refractivity (Wildman–Crippen MR) is 146 cm³/mol. The molecule has 3 N–H and O–H groups in total. The second kappa shape index (κ2) is 12.1. The number of thioether (sulfide) groups is 1. The Hall–Kier alpha value is -4.64. The molecule has 3 aromatic rings. The van der Waals surface area contributed by atoms with Crippen molar-refractivity contribution in [3.8, 4) is 11.5 Å². The smallest absolute Gasteiger partial charge is 0.338 e. The second-order valence-corrected chi connectivity index (χ2v) is 9.24. The first-order valence-electron chi connectivity index (χ1n) is 11.6. The lowest BCUT2D eigenvalue weighted by Gasteiger charge is -2.16. The van der Waals surface area contributed by atoms with E-state index >= 15 is 0 Å². The minimum Gasteiger partial charge on any atom is -0.508 e. The summed E-state index contributed by atoms with van der Waals surface area (Å²) >= 11 is 1.10. The maximum Gasteiger partial charge on any atom is 0.338 e. The number of ether oxygens (including phenoxy) is 1. The minimum absolute atomic E-state index is 0.0433. The molecule has 38 heavy (non-hydrogen) atoms. The third-order valence-electron chi connectivity index (χ3n) is 5.34. The van der Waals surface area contributed by atoms with E-state index in [-0.39, 0.29) is 41.5 Å². The molecule has 3 aromatic carbocycles. The molecule has 0 saturated carbocycles. The van der Waals surface area contributed by atoms with Gasteiger partial charge < -0.3 is 20.3 Å². The number of hydrogen-bond acceptors (Lipinski definition) is 9. The summed E-state index contributed by atoms with van der Waals surface area (Å²) in [4.78, 5) is 39.2. The number of nitrogens with one attached hydrogen (secondary N) is 1. The maximum absolute atomic E-state index is 13.3. The van der Waals surface area contributed by atoms with Crippen LogP contribution in [0, 0.1) is 0 Å². The molecule has 2 amide bonds. The molecule has 0 aliphatic carbocycles. The van der Waals surface area contributed by atoms with E-state index in [1.165, 1.54) is 35.4 Å². The highest BCUT2D eigenvalue weighted by Crippen LogP contribution is 2.34. The number of aromatic hydroxyl groups is 2. The number of rotatable bonds is 8. The van der Waals surface area contributed by atoms with E-state index in [1.807, 2.05) is 0 Å². The Morgan fingerprint density at radius 3 is 2.26 bits per heavy atom. The maximum atomic E-state index is 13.3. The van der Waals surface area contributed by atoms with Gasteiger partial charge in [-0.15, -0.1) is 5.10 Å². The van der Waals surface area contributed by atoms with Gasteiger partial charge in [0.05, 0.1) is 24.1 Å². The van der Waals surface area contributed by atoms with Gasteiger partial charge in [-0.05, 0) is 85.3 Å². The van der Waals surface area contributed by atoms with E-state index in [2.05, 4.69) is 15.5 Å². The van der Waals surface area contributed by atoms with Crippen LogP contribution in [-0.2, 0) is 14.3 Å². The Bertz CT molecular complexity index is 1370. The second-order valence-electron chi connectivity index (χ2n) is 8.07. The highest BCUT2D eigenvalue weighted by molar-refractivity contribution is 8.16. The van der Waals surface area contributed by atoms with Crippen LogP contribution in [0.15, 0.2) is 83.0 Å². The number of benzene rings is 3. The Balaban J connectivity index is 1.48. The molecular weight excluding hydrogens is 508 g/mol. The Labute approximate surface area is 222 Å². The summed E-state index contributed by atoms with van der Waals surface area (Å²) in [6.07, 6.45) is 1.35. The third-order valence-corrected chi connectivity index (χ3v) is 6.46. The number of hydrogen-bond donors (Lipinski definition) is 3. The van der Waals surface area contributed by atoms with Gasteiger partial charge in [0.15, 0.2) is 5.17 Å². The largest absolute Gasteiger partial charge is 0.508 e. The lowest BCUT2D eigenvalue weighted by Crippen LogP contribution is -2.33. The number of phenols is 2. The fourth-order valence-electron chi connectivity index (χ4n) is 3.50. The Kier molecular flexibility index (Phi) is 8.39. The van der Waals surface area contributed by atoms with Gasteiger partial charge in [0.2, 0.25) is 11.8 Å². The van der Waals surface area contributed by atoms with E-state index < -0.39 is 11.2 Å². The molecule has 194 valence electrons. The van der Waals surface area contributed by atoms with Crippen LogP contribution in [0.1, 0.15) is 29.3 Å². The summed E-state index contributed by atoms with van der Waals surface area (Å²) in [6.45, 7) is 1.98. The molecule has 0 bridgehead atoms. The van der Waals surface area contributed by atoms with Gasteiger partial charge in [-0.25, -0.2) is 4.79 Å². The van der Waals surface area contributed by atoms with Crippen LogP contribution < -0.4 is 10.2 Å². The molecular formula is C27H24N4O6S. The van der Waals surface area contributed by atoms with Crippen molar-refractivity contribution in [2.24, 2.45) is 10.2 Å². The first kappa shape index (κ1) is 26.4. The van der Waals surface area contributed by atoms with Crippen LogP contribution >= 0.6 is 11.8 Å². The van der Waals surface area contributed by atoms with Gasteiger partial charge >= 0.3 is 5.97 Å². The number of phenolic OH excluding ortho intramolecular Hbond substituents is 2. The standard InChI is InChI=1S/C27H24N4O6S/c1-2-37-26(36)18-5-7-19(8-6-18)29-24(34)15-23-25(35)31(20-9-13-22(33)14-10-20)27(38-23)30-28-16-17-3-11-21(32)12-4-17/h3-14,16,23,32-33H,2,15H2,1H3,(H,29,34)/b28-16-,30-27+. The summed E-state index contributed by atoms with van der Waals surface area (Å²) in [5, 5.41) is 29.6. The molecule has 1 unspecified atom stereocenters. The molecule has 10 nitrogen and oxygen atoms in total. The molecule has 11 heteroatoms. The zero-order chi connectivity index (χ0) is 27.1. The normalized spacial score (nSPS) is 16.2. The Morgan fingerprint density at radius 1 is 1.00 bits per heavy atom. The highest BCUT2D eigenvalue weighted by atomic mass is 32.2. The topological polar surface area (TPSA) is 141 Å². The van der Waals surface area contributed by atoms with Gasteiger partial charge in [-0.2, -0.15) is 5.10 Å². The molecule has 1 fully saturated rings. The van der Waals surface area contributed by atoms with Crippen molar-refractivity contribution in [2.75, 3.05) is 16.8 Å². The van der Waals surface area contributed by atoms with E-state index in [4.69, 9.17) is 4.74 Å². The number of anilines is 2. The fourth-order valence-corrected chi connectivity index (χ4v) is 4.59. The lowest BCUT2D eigenvalue weighted by molar-refractivity contribution is -0.121. The van der Waals surface area contributed by atoms with Crippen molar-refractivity contribution in [1.82, 2.24) is 0 Å². The number of carbonyl (C=O) groups is 3. The quantitative estimate of drug-likeness (QED) is 0.225. The van der Waals surface area contributed by atoms with Crippen LogP contribution in [0.2, 0.25) is 0 Å². The average molecular weight is 533 g/mol. The molecule has 1 saturated heterocycles. The molecule has 0 aromatic heterocycles. The van der Waals surface area contributed by atoms with Gasteiger partial charge in [-0.1, -0.05) is 11.8 Å². The van der Waals surface area contributed by atoms with Crippen LogP contribution in [0.3, 0.4) is 0 Å². The zero-order valence-corrected chi connectivity index (χ0v) is 21.1. The zero-order valence-electron chi connectivity index (χ0n) is 20.3. The number of esters is 1. The SMILES string of the molecule is CCOC(=O)c1ccc(NC(=O)CC2S/C(=N/N=C\c3ccc(O)cc3)N(c3ccc(O)cc3)C2=O)cc1. The van der Waals surface area contributed by atoms with Crippen molar-refractivity contribution < 1.29 is 29.3 Å². The van der Waals surface area contributed by atoms with E-state index in [0.29, 0.717) is 22.5 Å².